The summed E-state index contributed by atoms with van der Waals surface area (Å²) in [5, 5.41) is 11.9. The van der Waals surface area contributed by atoms with Crippen LogP contribution in [0, 0.1) is 17.1 Å². The number of benzene rings is 2. The number of nitrogens with zero attached hydrogens (tertiary/aromatic N) is 1. The lowest BCUT2D eigenvalue weighted by molar-refractivity contribution is -0.0498. The number of nitriles is 1. The topological polar surface area (TPSA) is 45.0 Å². The van der Waals surface area contributed by atoms with Gasteiger partial charge in [0.25, 0.3) is 0 Å². The van der Waals surface area contributed by atoms with Crippen LogP contribution < -0.4 is 10.1 Å². The van der Waals surface area contributed by atoms with Crippen molar-refractivity contribution in [3.05, 3.63) is 59.9 Å². The Morgan fingerprint density at radius 1 is 1.05 bits per heavy atom. The molecule has 0 bridgehead atoms. The maximum atomic E-state index is 13.5. The van der Waals surface area contributed by atoms with Gasteiger partial charge in [-0.2, -0.15) is 14.0 Å². The third kappa shape index (κ3) is 3.89. The van der Waals surface area contributed by atoms with Gasteiger partial charge in [0.15, 0.2) is 0 Å². The largest absolute Gasteiger partial charge is 0.435 e. The number of rotatable bonds is 5. The fourth-order valence-corrected chi connectivity index (χ4v) is 1.77. The molecule has 1 unspecified atom stereocenters. The van der Waals surface area contributed by atoms with Gasteiger partial charge in [0.05, 0.1) is 11.8 Å². The molecule has 108 valence electrons. The molecular formula is C15H11F3N2O. The molecule has 0 aliphatic rings. The van der Waals surface area contributed by atoms with Gasteiger partial charge in [0.1, 0.15) is 17.6 Å². The summed E-state index contributed by atoms with van der Waals surface area (Å²) >= 11 is 0. The van der Waals surface area contributed by atoms with E-state index in [1.807, 2.05) is 6.07 Å². The lowest BCUT2D eigenvalue weighted by Crippen LogP contribution is -2.10. The zero-order valence-corrected chi connectivity index (χ0v) is 10.8. The molecule has 0 aromatic heterocycles. The third-order valence-electron chi connectivity index (χ3n) is 2.74. The molecule has 0 aliphatic carbocycles. The highest BCUT2D eigenvalue weighted by Gasteiger charge is 2.13. The predicted octanol–water partition coefficient (Wildman–Crippen LogP) is 4.10. The average Bonchev–Trinajstić information content (AvgIpc) is 2.47. The van der Waals surface area contributed by atoms with Gasteiger partial charge in [0.2, 0.25) is 0 Å². The fraction of sp³-hybridized carbons (Fsp3) is 0.133. The number of anilines is 1. The Bertz CT molecular complexity index is 638. The van der Waals surface area contributed by atoms with Gasteiger partial charge < -0.3 is 10.1 Å². The number of alkyl halides is 2. The SMILES string of the molecule is N#CC(Nc1ccccc1F)c1ccc(OC(F)F)cc1. The number of para-hydroxylation sites is 1. The van der Waals surface area contributed by atoms with Crippen molar-refractivity contribution in [3.63, 3.8) is 0 Å². The highest BCUT2D eigenvalue weighted by Crippen LogP contribution is 2.23. The Morgan fingerprint density at radius 3 is 2.29 bits per heavy atom. The van der Waals surface area contributed by atoms with Crippen LogP contribution in [-0.4, -0.2) is 6.61 Å². The number of hydrogen-bond donors (Lipinski definition) is 1. The van der Waals surface area contributed by atoms with Gasteiger partial charge in [-0.15, -0.1) is 0 Å². The van der Waals surface area contributed by atoms with E-state index >= 15 is 0 Å². The van der Waals surface area contributed by atoms with E-state index in [9.17, 15) is 13.2 Å². The van der Waals surface area contributed by atoms with Crippen LogP contribution in [0.3, 0.4) is 0 Å². The molecule has 0 spiro atoms. The van der Waals surface area contributed by atoms with E-state index in [1.165, 1.54) is 36.4 Å². The number of nitrogens with one attached hydrogen (secondary N) is 1. The summed E-state index contributed by atoms with van der Waals surface area (Å²) in [6, 6.07) is 12.7. The summed E-state index contributed by atoms with van der Waals surface area (Å²) in [7, 11) is 0. The Morgan fingerprint density at radius 2 is 1.71 bits per heavy atom. The molecule has 2 rings (SSSR count). The van der Waals surface area contributed by atoms with E-state index in [2.05, 4.69) is 10.1 Å². The molecule has 0 aliphatic heterocycles. The molecule has 1 atom stereocenters. The van der Waals surface area contributed by atoms with Crippen LogP contribution in [0.4, 0.5) is 18.9 Å². The van der Waals surface area contributed by atoms with Crippen LogP contribution in [0.25, 0.3) is 0 Å². The molecule has 6 heteroatoms. The highest BCUT2D eigenvalue weighted by molar-refractivity contribution is 5.49. The van der Waals surface area contributed by atoms with Crippen molar-refractivity contribution >= 4 is 5.69 Å². The first kappa shape index (κ1) is 14.7. The van der Waals surface area contributed by atoms with Gasteiger partial charge in [-0.25, -0.2) is 4.39 Å². The quantitative estimate of drug-likeness (QED) is 0.902. The summed E-state index contributed by atoms with van der Waals surface area (Å²) in [5.41, 5.74) is 0.708. The molecule has 3 nitrogen and oxygen atoms in total. The smallest absolute Gasteiger partial charge is 0.387 e. The summed E-state index contributed by atoms with van der Waals surface area (Å²) in [4.78, 5) is 0. The normalized spacial score (nSPS) is 11.8. The Balaban J connectivity index is 2.15. The third-order valence-corrected chi connectivity index (χ3v) is 2.74. The first-order chi connectivity index (χ1) is 10.1. The van der Waals surface area contributed by atoms with Crippen LogP contribution in [0.5, 0.6) is 5.75 Å². The first-order valence-electron chi connectivity index (χ1n) is 6.05. The molecule has 2 aromatic carbocycles. The van der Waals surface area contributed by atoms with E-state index in [-0.39, 0.29) is 11.4 Å². The van der Waals surface area contributed by atoms with Crippen molar-refractivity contribution in [3.8, 4) is 11.8 Å². The molecule has 1 N–H and O–H groups in total. The van der Waals surface area contributed by atoms with Crippen molar-refractivity contribution in [1.29, 1.82) is 5.26 Å². The molecule has 2 aromatic rings. The first-order valence-corrected chi connectivity index (χ1v) is 6.05. The maximum absolute atomic E-state index is 13.5. The minimum atomic E-state index is -2.90. The maximum Gasteiger partial charge on any atom is 0.387 e. The van der Waals surface area contributed by atoms with Crippen LogP contribution >= 0.6 is 0 Å². The van der Waals surface area contributed by atoms with Crippen molar-refractivity contribution in [2.45, 2.75) is 12.7 Å². The van der Waals surface area contributed by atoms with Crippen LogP contribution in [0.2, 0.25) is 0 Å². The minimum Gasteiger partial charge on any atom is -0.435 e. The molecule has 0 heterocycles. The number of halogens is 3. The summed E-state index contributed by atoms with van der Waals surface area (Å²) in [6.45, 7) is -2.90. The Kier molecular flexibility index (Phi) is 4.67. The lowest BCUT2D eigenvalue weighted by atomic mass is 10.1. The average molecular weight is 292 g/mol. The van der Waals surface area contributed by atoms with Crippen molar-refractivity contribution < 1.29 is 17.9 Å². The van der Waals surface area contributed by atoms with Crippen molar-refractivity contribution in [2.24, 2.45) is 0 Å². The fourth-order valence-electron chi connectivity index (χ4n) is 1.77. The van der Waals surface area contributed by atoms with Gasteiger partial charge in [-0.1, -0.05) is 24.3 Å². The monoisotopic (exact) mass is 292 g/mol. The molecule has 0 amide bonds. The second-order valence-electron chi connectivity index (χ2n) is 4.13. The zero-order chi connectivity index (χ0) is 15.2. The zero-order valence-electron chi connectivity index (χ0n) is 10.8. The van der Waals surface area contributed by atoms with Crippen molar-refractivity contribution in [1.82, 2.24) is 0 Å². The summed E-state index contributed by atoms with van der Waals surface area (Å²) < 4.78 is 41.9. The molecule has 21 heavy (non-hydrogen) atoms. The Labute approximate surface area is 119 Å². The second kappa shape index (κ2) is 6.66. The lowest BCUT2D eigenvalue weighted by Gasteiger charge is -2.14. The van der Waals surface area contributed by atoms with Gasteiger partial charge in [0, 0.05) is 0 Å². The molecule has 0 saturated heterocycles. The molecule has 0 saturated carbocycles. The standard InChI is InChI=1S/C15H11F3N2O/c16-12-3-1-2-4-13(12)20-14(9-19)10-5-7-11(8-6-10)21-15(17)18/h1-8,14-15,20H. The van der Waals surface area contributed by atoms with Gasteiger partial charge in [-0.05, 0) is 29.8 Å². The predicted molar refractivity (Wildman–Crippen MR) is 71.5 cm³/mol. The second-order valence-corrected chi connectivity index (χ2v) is 4.13. The number of hydrogen-bond acceptors (Lipinski definition) is 3. The van der Waals surface area contributed by atoms with Gasteiger partial charge >= 0.3 is 6.61 Å². The van der Waals surface area contributed by atoms with Gasteiger partial charge in [-0.3, -0.25) is 0 Å². The van der Waals surface area contributed by atoms with Crippen molar-refractivity contribution in [2.75, 3.05) is 5.32 Å². The van der Waals surface area contributed by atoms with E-state index < -0.39 is 18.5 Å². The highest BCUT2D eigenvalue weighted by atomic mass is 19.3. The van der Waals surface area contributed by atoms with E-state index in [1.54, 1.807) is 12.1 Å². The molecule has 0 radical (unpaired) electrons. The summed E-state index contributed by atoms with van der Waals surface area (Å²) in [6.07, 6.45) is 0. The number of ether oxygens (including phenoxy) is 1. The Hall–Kier alpha value is -2.68. The molecule has 0 fully saturated rings. The van der Waals surface area contributed by atoms with E-state index in [4.69, 9.17) is 5.26 Å². The van der Waals surface area contributed by atoms with Crippen LogP contribution in [0.15, 0.2) is 48.5 Å². The van der Waals surface area contributed by atoms with Crippen LogP contribution in [0.1, 0.15) is 11.6 Å². The minimum absolute atomic E-state index is 0.00340. The molecular weight excluding hydrogens is 281 g/mol. The van der Waals surface area contributed by atoms with Crippen LogP contribution in [-0.2, 0) is 0 Å². The summed E-state index contributed by atoms with van der Waals surface area (Å²) in [5.74, 6) is -0.480. The van der Waals surface area contributed by atoms with E-state index in [0.29, 0.717) is 5.56 Å². The van der Waals surface area contributed by atoms with E-state index in [0.717, 1.165) is 0 Å².